The lowest BCUT2D eigenvalue weighted by Gasteiger charge is -2.32. The van der Waals surface area contributed by atoms with Gasteiger partial charge in [0.05, 0.1) is 24.8 Å². The molecule has 5 nitrogen and oxygen atoms in total. The molecule has 6 heteroatoms. The molecule has 0 unspecified atom stereocenters. The van der Waals surface area contributed by atoms with E-state index in [1.165, 1.54) is 0 Å². The molecule has 1 aromatic heterocycles. The third kappa shape index (κ3) is 6.30. The van der Waals surface area contributed by atoms with Gasteiger partial charge in [0.2, 0.25) is 0 Å². The lowest BCUT2D eigenvalue weighted by atomic mass is 9.99. The fraction of sp³-hybridized carbons (Fsp3) is 0.370. The summed E-state index contributed by atoms with van der Waals surface area (Å²) in [5.74, 6) is -0.271. The highest BCUT2D eigenvalue weighted by molar-refractivity contribution is 7.10. The summed E-state index contributed by atoms with van der Waals surface area (Å²) >= 11 is 1.56. The third-order valence-corrected chi connectivity index (χ3v) is 6.46. The van der Waals surface area contributed by atoms with Crippen molar-refractivity contribution in [2.24, 2.45) is 0 Å². The van der Waals surface area contributed by atoms with Gasteiger partial charge in [-0.15, -0.1) is 11.3 Å². The molecule has 4 rings (SSSR count). The summed E-state index contributed by atoms with van der Waals surface area (Å²) in [5.41, 5.74) is 3.33. The fourth-order valence-electron chi connectivity index (χ4n) is 3.83. The minimum absolute atomic E-state index is 0.164. The van der Waals surface area contributed by atoms with Gasteiger partial charge in [-0.2, -0.15) is 0 Å². The largest absolute Gasteiger partial charge is 0.456 e. The van der Waals surface area contributed by atoms with Gasteiger partial charge in [-0.1, -0.05) is 60.7 Å². The third-order valence-electron chi connectivity index (χ3n) is 5.35. The molecule has 3 aromatic rings. The van der Waals surface area contributed by atoms with E-state index in [4.69, 9.17) is 14.2 Å². The molecule has 1 N–H and O–H groups in total. The van der Waals surface area contributed by atoms with Crippen LogP contribution >= 0.6 is 11.3 Å². The zero-order valence-electron chi connectivity index (χ0n) is 19.4. The van der Waals surface area contributed by atoms with E-state index in [1.54, 1.807) is 11.3 Å². The number of thiophene rings is 1. The second kappa shape index (κ2) is 10.6. The van der Waals surface area contributed by atoms with E-state index in [0.717, 1.165) is 34.5 Å². The molecule has 0 saturated carbocycles. The molecule has 1 aliphatic heterocycles. The number of carbonyl (C=O) groups is 1. The molecule has 2 heterocycles. The van der Waals surface area contributed by atoms with Crippen molar-refractivity contribution in [3.8, 4) is 0 Å². The van der Waals surface area contributed by atoms with Crippen LogP contribution < -0.4 is 5.32 Å². The summed E-state index contributed by atoms with van der Waals surface area (Å²) in [4.78, 5) is 13.9. The van der Waals surface area contributed by atoms with Gasteiger partial charge in [-0.3, -0.25) is 0 Å². The van der Waals surface area contributed by atoms with Crippen molar-refractivity contribution in [3.05, 3.63) is 93.2 Å². The van der Waals surface area contributed by atoms with Crippen molar-refractivity contribution >= 4 is 17.3 Å². The van der Waals surface area contributed by atoms with Crippen molar-refractivity contribution in [2.75, 3.05) is 6.54 Å². The van der Waals surface area contributed by atoms with Crippen LogP contribution in [-0.4, -0.2) is 24.4 Å². The molecule has 0 fully saturated rings. The Morgan fingerprint density at radius 3 is 2.12 bits per heavy atom. The summed E-state index contributed by atoms with van der Waals surface area (Å²) in [6, 6.07) is 20.0. The van der Waals surface area contributed by atoms with Crippen molar-refractivity contribution < 1.29 is 19.0 Å². The monoisotopic (exact) mass is 465 g/mol. The number of carbonyl (C=O) groups excluding carboxylic acids is 1. The Kier molecular flexibility index (Phi) is 7.60. The number of hydrogen-bond acceptors (Lipinski definition) is 6. The molecule has 1 atom stereocenters. The molecular weight excluding hydrogens is 434 g/mol. The van der Waals surface area contributed by atoms with Gasteiger partial charge in [0.15, 0.2) is 6.29 Å². The highest BCUT2D eigenvalue weighted by atomic mass is 32.1. The van der Waals surface area contributed by atoms with Crippen molar-refractivity contribution in [3.63, 3.8) is 0 Å². The summed E-state index contributed by atoms with van der Waals surface area (Å²) < 4.78 is 18.2. The molecule has 0 bridgehead atoms. The zero-order chi connectivity index (χ0) is 23.3. The maximum absolute atomic E-state index is 12.8. The summed E-state index contributed by atoms with van der Waals surface area (Å²) in [5, 5.41) is 5.46. The van der Waals surface area contributed by atoms with Gasteiger partial charge in [0, 0.05) is 16.8 Å². The van der Waals surface area contributed by atoms with Gasteiger partial charge >= 0.3 is 5.97 Å². The van der Waals surface area contributed by atoms with E-state index >= 15 is 0 Å². The van der Waals surface area contributed by atoms with E-state index in [1.807, 2.05) is 86.8 Å². The Balaban J connectivity index is 1.55. The maximum atomic E-state index is 12.8. The van der Waals surface area contributed by atoms with Crippen LogP contribution in [0.1, 0.15) is 58.7 Å². The zero-order valence-corrected chi connectivity index (χ0v) is 20.2. The SMILES string of the molecule is CC(C)(C)OC(=O)c1csc2c1CCN[C@@H]2C(OCc1ccccc1)OCc1ccccc1. The number of esters is 1. The first kappa shape index (κ1) is 23.6. The van der Waals surface area contributed by atoms with Crippen LogP contribution in [0.4, 0.5) is 0 Å². The molecular formula is C27H31NO4S. The second-order valence-electron chi connectivity index (χ2n) is 9.14. The van der Waals surface area contributed by atoms with Crippen molar-refractivity contribution in [1.29, 1.82) is 0 Å². The molecule has 33 heavy (non-hydrogen) atoms. The average molecular weight is 466 g/mol. The van der Waals surface area contributed by atoms with Crippen LogP contribution in [0.3, 0.4) is 0 Å². The van der Waals surface area contributed by atoms with E-state index in [-0.39, 0.29) is 12.0 Å². The topological polar surface area (TPSA) is 56.8 Å². The standard InChI is InChI=1S/C27H31NO4S/c1-27(2,3)32-25(29)22-18-33-24-21(22)14-15-28-23(24)26(30-16-19-10-6-4-7-11-19)31-17-20-12-8-5-9-13-20/h4-13,18,23,26,28H,14-17H2,1-3H3/t23-/m0/s1. The van der Waals surface area contributed by atoms with Gasteiger partial charge < -0.3 is 19.5 Å². The van der Waals surface area contributed by atoms with Crippen LogP contribution in [0.25, 0.3) is 0 Å². The predicted octanol–water partition coefficient (Wildman–Crippen LogP) is 5.65. The molecule has 2 aromatic carbocycles. The summed E-state index contributed by atoms with van der Waals surface area (Å²) in [6.45, 7) is 7.29. The molecule has 174 valence electrons. The molecule has 0 radical (unpaired) electrons. The average Bonchev–Trinajstić information content (AvgIpc) is 3.24. The quantitative estimate of drug-likeness (QED) is 0.344. The summed E-state index contributed by atoms with van der Waals surface area (Å²) in [6.07, 6.45) is 0.267. The lowest BCUT2D eigenvalue weighted by molar-refractivity contribution is -0.175. The Morgan fingerprint density at radius 1 is 1.00 bits per heavy atom. The number of nitrogens with one attached hydrogen (secondary N) is 1. The predicted molar refractivity (Wildman–Crippen MR) is 130 cm³/mol. The first-order chi connectivity index (χ1) is 15.9. The fourth-order valence-corrected chi connectivity index (χ4v) is 5.01. The first-order valence-corrected chi connectivity index (χ1v) is 12.2. The molecule has 0 saturated heterocycles. The van der Waals surface area contributed by atoms with Crippen LogP contribution in [0, 0.1) is 0 Å². The van der Waals surface area contributed by atoms with Crippen LogP contribution in [0.15, 0.2) is 66.0 Å². The lowest BCUT2D eigenvalue weighted by Crippen LogP contribution is -2.40. The van der Waals surface area contributed by atoms with E-state index < -0.39 is 11.9 Å². The number of ether oxygens (including phenoxy) is 3. The molecule has 1 aliphatic rings. The minimum Gasteiger partial charge on any atom is -0.456 e. The molecule has 0 amide bonds. The Hall–Kier alpha value is -2.51. The highest BCUT2D eigenvalue weighted by Gasteiger charge is 2.34. The first-order valence-electron chi connectivity index (χ1n) is 11.3. The van der Waals surface area contributed by atoms with Gasteiger partial charge in [-0.25, -0.2) is 4.79 Å². The van der Waals surface area contributed by atoms with Gasteiger partial charge in [0.25, 0.3) is 0 Å². The van der Waals surface area contributed by atoms with Gasteiger partial charge in [-0.05, 0) is 43.9 Å². The Bertz CT molecular complexity index is 999. The van der Waals surface area contributed by atoms with Gasteiger partial charge in [0.1, 0.15) is 5.60 Å². The van der Waals surface area contributed by atoms with Crippen LogP contribution in [0.5, 0.6) is 0 Å². The minimum atomic E-state index is -0.529. The van der Waals surface area contributed by atoms with Crippen molar-refractivity contribution in [2.45, 2.75) is 58.3 Å². The number of hydrogen-bond donors (Lipinski definition) is 1. The van der Waals surface area contributed by atoms with Crippen LogP contribution in [0.2, 0.25) is 0 Å². The second-order valence-corrected chi connectivity index (χ2v) is 10.0. The Labute approximate surface area is 199 Å². The number of rotatable bonds is 8. The van der Waals surface area contributed by atoms with Crippen molar-refractivity contribution in [1.82, 2.24) is 5.32 Å². The molecule has 0 aliphatic carbocycles. The van der Waals surface area contributed by atoms with E-state index in [9.17, 15) is 4.79 Å². The van der Waals surface area contributed by atoms with E-state index in [0.29, 0.717) is 18.8 Å². The normalized spacial score (nSPS) is 15.9. The molecule has 0 spiro atoms. The van der Waals surface area contributed by atoms with E-state index in [2.05, 4.69) is 5.32 Å². The number of benzene rings is 2. The number of fused-ring (bicyclic) bond motifs is 1. The maximum Gasteiger partial charge on any atom is 0.339 e. The Morgan fingerprint density at radius 2 is 1.58 bits per heavy atom. The van der Waals surface area contributed by atoms with Crippen LogP contribution in [-0.2, 0) is 33.8 Å². The summed E-state index contributed by atoms with van der Waals surface area (Å²) in [7, 11) is 0. The smallest absolute Gasteiger partial charge is 0.339 e. The highest BCUT2D eigenvalue weighted by Crippen LogP contribution is 2.36.